The average molecular weight is 376 g/mol. The minimum absolute atomic E-state index is 0.0814. The van der Waals surface area contributed by atoms with Crippen molar-refractivity contribution in [3.05, 3.63) is 107 Å². The molecule has 140 valence electrons. The van der Waals surface area contributed by atoms with Crippen LogP contribution >= 0.6 is 0 Å². The Morgan fingerprint density at radius 2 is 1.48 bits per heavy atom. The first-order valence-corrected chi connectivity index (χ1v) is 9.45. The number of pyridine rings is 1. The normalized spacial score (nSPS) is 11.5. The molecule has 0 unspecified atom stereocenters. The van der Waals surface area contributed by atoms with Gasteiger partial charge in [-0.25, -0.2) is 0 Å². The van der Waals surface area contributed by atoms with Gasteiger partial charge in [-0.15, -0.1) is 0 Å². The van der Waals surface area contributed by atoms with Crippen LogP contribution in [-0.2, 0) is 0 Å². The fourth-order valence-corrected chi connectivity index (χ4v) is 3.08. The van der Waals surface area contributed by atoms with Gasteiger partial charge in [-0.3, -0.25) is 14.8 Å². The third-order valence-corrected chi connectivity index (χ3v) is 4.73. The Balaban J connectivity index is 1.47. The highest BCUT2D eigenvalue weighted by Crippen LogP contribution is 2.24. The molecule has 29 heavy (non-hydrogen) atoms. The summed E-state index contributed by atoms with van der Waals surface area (Å²) in [7, 11) is 0. The van der Waals surface area contributed by atoms with E-state index in [1.54, 1.807) is 13.1 Å². The topological polar surface area (TPSA) is 42.3 Å². The summed E-state index contributed by atoms with van der Waals surface area (Å²) in [6.07, 6.45) is 9.61. The van der Waals surface area contributed by atoms with Gasteiger partial charge in [0.2, 0.25) is 0 Å². The molecule has 3 nitrogen and oxygen atoms in total. The summed E-state index contributed by atoms with van der Waals surface area (Å²) in [5, 5.41) is 2.17. The Morgan fingerprint density at radius 3 is 2.17 bits per heavy atom. The van der Waals surface area contributed by atoms with Crippen molar-refractivity contribution in [1.29, 1.82) is 0 Å². The minimum Gasteiger partial charge on any atom is -0.295 e. The maximum absolute atomic E-state index is 11.3. The molecule has 0 N–H and O–H groups in total. The Bertz CT molecular complexity index is 1200. The number of benzene rings is 3. The number of fused-ring (bicyclic) bond motifs is 1. The van der Waals surface area contributed by atoms with Crippen LogP contribution in [0.1, 0.15) is 34.0 Å². The minimum atomic E-state index is 0.0814. The zero-order chi connectivity index (χ0) is 20.1. The zero-order valence-electron chi connectivity index (χ0n) is 16.1. The molecule has 1 heterocycles. The summed E-state index contributed by atoms with van der Waals surface area (Å²) in [5.74, 6) is 0.0814. The van der Waals surface area contributed by atoms with Crippen LogP contribution in [0, 0.1) is 0 Å². The maximum atomic E-state index is 11.3. The Kier molecular flexibility index (Phi) is 5.39. The number of ketones is 1. The molecule has 0 radical (unpaired) electrons. The van der Waals surface area contributed by atoms with Crippen molar-refractivity contribution >= 4 is 40.6 Å². The van der Waals surface area contributed by atoms with E-state index in [1.165, 1.54) is 0 Å². The largest absolute Gasteiger partial charge is 0.295 e. The number of carbonyl (C=O) groups excluding carboxylic acids is 1. The number of nitrogens with zero attached hydrogens (tertiary/aromatic N) is 2. The molecular weight excluding hydrogens is 356 g/mol. The monoisotopic (exact) mass is 376 g/mol. The number of Topliss-reactive ketones (excluding diaryl/α,β-unsaturated/α-hetero) is 1. The number of rotatable bonds is 5. The number of aliphatic imine (C=N–C) groups is 1. The predicted octanol–water partition coefficient (Wildman–Crippen LogP) is 6.36. The smallest absolute Gasteiger partial charge is 0.159 e. The van der Waals surface area contributed by atoms with Gasteiger partial charge in [-0.2, -0.15) is 0 Å². The van der Waals surface area contributed by atoms with Crippen molar-refractivity contribution in [2.75, 3.05) is 0 Å². The van der Waals surface area contributed by atoms with Gasteiger partial charge >= 0.3 is 0 Å². The molecule has 4 rings (SSSR count). The van der Waals surface area contributed by atoms with E-state index in [0.29, 0.717) is 0 Å². The summed E-state index contributed by atoms with van der Waals surface area (Å²) in [5.41, 5.74) is 4.87. The van der Waals surface area contributed by atoms with E-state index in [9.17, 15) is 4.79 Å². The zero-order valence-corrected chi connectivity index (χ0v) is 16.1. The molecule has 4 aromatic rings. The SMILES string of the molecule is CC(=O)c1ccc(/C=C/c2ccc(/C=N/c3cccc4cnccc34)cc2)cc1. The highest BCUT2D eigenvalue weighted by atomic mass is 16.1. The lowest BCUT2D eigenvalue weighted by Gasteiger charge is -2.01. The lowest BCUT2D eigenvalue weighted by molar-refractivity contribution is 0.101. The van der Waals surface area contributed by atoms with Gasteiger partial charge < -0.3 is 0 Å². The lowest BCUT2D eigenvalue weighted by Crippen LogP contribution is -1.90. The molecule has 0 spiro atoms. The maximum Gasteiger partial charge on any atom is 0.159 e. The van der Waals surface area contributed by atoms with E-state index in [2.05, 4.69) is 40.3 Å². The summed E-state index contributed by atoms with van der Waals surface area (Å²) in [4.78, 5) is 20.2. The van der Waals surface area contributed by atoms with E-state index < -0.39 is 0 Å². The molecule has 0 atom stereocenters. The van der Waals surface area contributed by atoms with Crippen molar-refractivity contribution in [3.63, 3.8) is 0 Å². The summed E-state index contributed by atoms with van der Waals surface area (Å²) >= 11 is 0. The lowest BCUT2D eigenvalue weighted by atomic mass is 10.1. The van der Waals surface area contributed by atoms with E-state index in [1.807, 2.05) is 67.0 Å². The Hall–Kier alpha value is -3.85. The van der Waals surface area contributed by atoms with Crippen molar-refractivity contribution in [2.45, 2.75) is 6.92 Å². The van der Waals surface area contributed by atoms with Gasteiger partial charge in [0.1, 0.15) is 0 Å². The predicted molar refractivity (Wildman–Crippen MR) is 121 cm³/mol. The van der Waals surface area contributed by atoms with Crippen LogP contribution < -0.4 is 0 Å². The van der Waals surface area contributed by atoms with Gasteiger partial charge in [0.15, 0.2) is 5.78 Å². The summed E-state index contributed by atoms with van der Waals surface area (Å²) in [6.45, 7) is 1.58. The van der Waals surface area contributed by atoms with E-state index in [-0.39, 0.29) is 5.78 Å². The van der Waals surface area contributed by atoms with Gasteiger partial charge in [-0.1, -0.05) is 72.8 Å². The summed E-state index contributed by atoms with van der Waals surface area (Å²) < 4.78 is 0. The van der Waals surface area contributed by atoms with Crippen LogP contribution in [0.5, 0.6) is 0 Å². The highest BCUT2D eigenvalue weighted by molar-refractivity contribution is 5.95. The number of carbonyl (C=O) groups is 1. The van der Waals surface area contributed by atoms with Crippen LogP contribution in [0.2, 0.25) is 0 Å². The second-order valence-electron chi connectivity index (χ2n) is 6.81. The number of hydrogen-bond donors (Lipinski definition) is 0. The molecule has 0 fully saturated rings. The van der Waals surface area contributed by atoms with Crippen molar-refractivity contribution in [1.82, 2.24) is 4.98 Å². The number of hydrogen-bond acceptors (Lipinski definition) is 3. The van der Waals surface area contributed by atoms with Gasteiger partial charge in [-0.05, 0) is 35.7 Å². The molecule has 1 aromatic heterocycles. The molecule has 0 amide bonds. The first-order valence-electron chi connectivity index (χ1n) is 9.45. The highest BCUT2D eigenvalue weighted by Gasteiger charge is 1.99. The van der Waals surface area contributed by atoms with Gasteiger partial charge in [0.25, 0.3) is 0 Å². The van der Waals surface area contributed by atoms with Crippen LogP contribution in [0.15, 0.2) is 90.2 Å². The van der Waals surface area contributed by atoms with Crippen molar-refractivity contribution in [3.8, 4) is 0 Å². The molecule has 0 aliphatic heterocycles. The van der Waals surface area contributed by atoms with E-state index in [4.69, 9.17) is 0 Å². The first-order chi connectivity index (χ1) is 14.2. The first kappa shape index (κ1) is 18.5. The molecule has 0 saturated heterocycles. The molecule has 0 bridgehead atoms. The fourth-order valence-electron chi connectivity index (χ4n) is 3.08. The van der Waals surface area contributed by atoms with E-state index in [0.717, 1.165) is 38.7 Å². The Labute approximate surface area is 170 Å². The molecule has 0 saturated carbocycles. The van der Waals surface area contributed by atoms with Crippen molar-refractivity contribution in [2.24, 2.45) is 4.99 Å². The third kappa shape index (κ3) is 4.53. The van der Waals surface area contributed by atoms with E-state index >= 15 is 0 Å². The molecule has 0 aliphatic carbocycles. The Morgan fingerprint density at radius 1 is 0.828 bits per heavy atom. The molecule has 3 aromatic carbocycles. The molecule has 3 heteroatoms. The quantitative estimate of drug-likeness (QED) is 0.231. The second-order valence-corrected chi connectivity index (χ2v) is 6.81. The summed E-state index contributed by atoms with van der Waals surface area (Å²) in [6, 6.07) is 23.9. The number of aromatic nitrogens is 1. The standard InChI is InChI=1S/C26H20N2O/c1-19(29)23-13-11-21(12-14-23)6-5-20-7-9-22(10-8-20)17-28-26-4-2-3-24-18-27-16-15-25(24)26/h2-18H,1H3/b6-5+,28-17+. The van der Waals surface area contributed by atoms with Gasteiger partial charge in [0, 0.05) is 34.9 Å². The fraction of sp³-hybridized carbons (Fsp3) is 0.0385. The second kappa shape index (κ2) is 8.44. The molecular formula is C26H20N2O. The average Bonchev–Trinajstić information content (AvgIpc) is 2.77. The van der Waals surface area contributed by atoms with Crippen molar-refractivity contribution < 1.29 is 4.79 Å². The third-order valence-electron chi connectivity index (χ3n) is 4.73. The van der Waals surface area contributed by atoms with Crippen LogP contribution in [0.4, 0.5) is 5.69 Å². The van der Waals surface area contributed by atoms with Crippen LogP contribution in [-0.4, -0.2) is 17.0 Å². The van der Waals surface area contributed by atoms with Crippen LogP contribution in [0.3, 0.4) is 0 Å². The van der Waals surface area contributed by atoms with Gasteiger partial charge in [0.05, 0.1) is 5.69 Å². The van der Waals surface area contributed by atoms with Crippen LogP contribution in [0.25, 0.3) is 22.9 Å². The molecule has 0 aliphatic rings.